The van der Waals surface area contributed by atoms with Crippen LogP contribution in [0.25, 0.3) is 16.7 Å². The van der Waals surface area contributed by atoms with Crippen molar-refractivity contribution in [1.29, 1.82) is 0 Å². The van der Waals surface area contributed by atoms with E-state index in [0.29, 0.717) is 10.8 Å². The number of carbonyl (C=O) groups excluding carboxylic acids is 1. The number of nitrogens with zero attached hydrogens (tertiary/aromatic N) is 2. The van der Waals surface area contributed by atoms with Crippen molar-refractivity contribution in [2.75, 3.05) is 0 Å². The zero-order valence-corrected chi connectivity index (χ0v) is 15.9. The maximum absolute atomic E-state index is 14.3. The van der Waals surface area contributed by atoms with E-state index >= 15 is 0 Å². The highest BCUT2D eigenvalue weighted by Crippen LogP contribution is 2.31. The fourth-order valence-corrected chi connectivity index (χ4v) is 2.97. The SMILES string of the molecule is O=C(NC(CC(F)(F)F)C(F)(F)F)c1cn(-c2c(F)cc(F)cc2F)c2ncccc2c1=O. The molecule has 2 aromatic heterocycles. The van der Waals surface area contributed by atoms with E-state index in [4.69, 9.17) is 0 Å². The maximum atomic E-state index is 14.3. The molecule has 1 atom stereocenters. The number of rotatable bonds is 4. The van der Waals surface area contributed by atoms with E-state index in [1.807, 2.05) is 0 Å². The molecule has 0 bridgehead atoms. The zero-order chi connectivity index (χ0) is 24.7. The van der Waals surface area contributed by atoms with E-state index in [0.717, 1.165) is 23.6 Å². The largest absolute Gasteiger partial charge is 0.408 e. The lowest BCUT2D eigenvalue weighted by Crippen LogP contribution is -2.48. The number of alkyl halides is 6. The second kappa shape index (κ2) is 8.41. The van der Waals surface area contributed by atoms with Crippen LogP contribution in [-0.2, 0) is 0 Å². The van der Waals surface area contributed by atoms with Crippen molar-refractivity contribution in [2.24, 2.45) is 0 Å². The topological polar surface area (TPSA) is 64.0 Å². The molecule has 1 amide bonds. The van der Waals surface area contributed by atoms with E-state index in [-0.39, 0.29) is 12.1 Å². The van der Waals surface area contributed by atoms with Crippen LogP contribution in [0.2, 0.25) is 0 Å². The van der Waals surface area contributed by atoms with Crippen LogP contribution >= 0.6 is 0 Å². The predicted octanol–water partition coefficient (Wildman–Crippen LogP) is 4.42. The third-order valence-electron chi connectivity index (χ3n) is 4.37. The lowest BCUT2D eigenvalue weighted by Gasteiger charge is -2.23. The summed E-state index contributed by atoms with van der Waals surface area (Å²) in [6, 6.07) is -0.701. The van der Waals surface area contributed by atoms with Crippen LogP contribution in [0.5, 0.6) is 0 Å². The van der Waals surface area contributed by atoms with Gasteiger partial charge >= 0.3 is 12.4 Å². The van der Waals surface area contributed by atoms with Crippen LogP contribution < -0.4 is 10.7 Å². The molecule has 0 aliphatic carbocycles. The average Bonchev–Trinajstić information content (AvgIpc) is 2.66. The van der Waals surface area contributed by atoms with Crippen molar-refractivity contribution >= 4 is 16.9 Å². The highest BCUT2D eigenvalue weighted by atomic mass is 19.4. The summed E-state index contributed by atoms with van der Waals surface area (Å²) in [5, 5.41) is 0.594. The van der Waals surface area contributed by atoms with Gasteiger partial charge in [-0.25, -0.2) is 18.2 Å². The quantitative estimate of drug-likeness (QED) is 0.560. The summed E-state index contributed by atoms with van der Waals surface area (Å²) in [6.45, 7) is 0. The minimum Gasteiger partial charge on any atom is -0.340 e. The Hall–Kier alpha value is -3.58. The standard InChI is InChI=1S/C19H10F9N3O2/c20-8-4-11(21)14(12(22)5-8)31-7-10(15(32)9-2-1-3-29-16(9)31)17(33)30-13(19(26,27)28)6-18(23,24)25/h1-5,7,13H,6H2,(H,30,33). The number of aromatic nitrogens is 2. The highest BCUT2D eigenvalue weighted by Gasteiger charge is 2.47. The molecule has 1 aromatic carbocycles. The number of fused-ring (bicyclic) bond motifs is 1. The van der Waals surface area contributed by atoms with E-state index in [2.05, 4.69) is 4.98 Å². The fraction of sp³-hybridized carbons (Fsp3) is 0.211. The van der Waals surface area contributed by atoms with Crippen LogP contribution in [0.15, 0.2) is 41.5 Å². The smallest absolute Gasteiger partial charge is 0.340 e. The second-order valence-corrected chi connectivity index (χ2v) is 6.72. The Labute approximate surface area is 177 Å². The second-order valence-electron chi connectivity index (χ2n) is 6.72. The number of benzene rings is 1. The summed E-state index contributed by atoms with van der Waals surface area (Å²) >= 11 is 0. The Kier molecular flexibility index (Phi) is 6.13. The van der Waals surface area contributed by atoms with Gasteiger partial charge in [0.1, 0.15) is 28.8 Å². The molecule has 0 spiro atoms. The van der Waals surface area contributed by atoms with Gasteiger partial charge in [0.05, 0.1) is 11.8 Å². The van der Waals surface area contributed by atoms with Crippen molar-refractivity contribution in [3.05, 3.63) is 69.9 Å². The number of amides is 1. The van der Waals surface area contributed by atoms with Gasteiger partial charge in [-0.2, -0.15) is 26.3 Å². The van der Waals surface area contributed by atoms with Crippen LogP contribution in [0, 0.1) is 17.5 Å². The van der Waals surface area contributed by atoms with Crippen LogP contribution in [0.4, 0.5) is 39.5 Å². The van der Waals surface area contributed by atoms with Crippen LogP contribution in [-0.4, -0.2) is 33.9 Å². The molecule has 0 saturated carbocycles. The molecule has 33 heavy (non-hydrogen) atoms. The molecule has 14 heteroatoms. The van der Waals surface area contributed by atoms with E-state index in [1.165, 1.54) is 0 Å². The molecule has 176 valence electrons. The molecule has 0 saturated heterocycles. The molecule has 3 aromatic rings. The number of hydrogen-bond acceptors (Lipinski definition) is 3. The maximum Gasteiger partial charge on any atom is 0.408 e. The monoisotopic (exact) mass is 483 g/mol. The Morgan fingerprint density at radius 1 is 1.06 bits per heavy atom. The molecule has 0 aliphatic heterocycles. The summed E-state index contributed by atoms with van der Waals surface area (Å²) in [4.78, 5) is 28.8. The first kappa shape index (κ1) is 24.1. The van der Waals surface area contributed by atoms with Gasteiger partial charge in [0.25, 0.3) is 5.91 Å². The zero-order valence-electron chi connectivity index (χ0n) is 15.9. The van der Waals surface area contributed by atoms with Crippen molar-refractivity contribution in [3.8, 4) is 5.69 Å². The molecule has 5 nitrogen and oxygen atoms in total. The summed E-state index contributed by atoms with van der Waals surface area (Å²) in [5.41, 5.74) is -3.90. The third-order valence-corrected chi connectivity index (χ3v) is 4.37. The summed E-state index contributed by atoms with van der Waals surface area (Å²) < 4.78 is 119. The Morgan fingerprint density at radius 2 is 1.67 bits per heavy atom. The number of halogens is 9. The van der Waals surface area contributed by atoms with Crippen LogP contribution in [0.3, 0.4) is 0 Å². The van der Waals surface area contributed by atoms with Gasteiger partial charge in [-0.05, 0) is 12.1 Å². The van der Waals surface area contributed by atoms with Gasteiger partial charge in [-0.3, -0.25) is 14.2 Å². The molecule has 0 fully saturated rings. The molecular weight excluding hydrogens is 473 g/mol. The fourth-order valence-electron chi connectivity index (χ4n) is 2.97. The van der Waals surface area contributed by atoms with E-state index < -0.39 is 75.9 Å². The average molecular weight is 483 g/mol. The van der Waals surface area contributed by atoms with E-state index in [9.17, 15) is 49.1 Å². The number of nitrogens with one attached hydrogen (secondary N) is 1. The van der Waals surface area contributed by atoms with Gasteiger partial charge in [0, 0.05) is 24.5 Å². The van der Waals surface area contributed by atoms with Gasteiger partial charge in [0.15, 0.2) is 11.6 Å². The molecule has 1 N–H and O–H groups in total. The third kappa shape index (κ3) is 5.09. The first-order valence-corrected chi connectivity index (χ1v) is 8.78. The number of hydrogen-bond donors (Lipinski definition) is 1. The Balaban J connectivity index is 2.20. The van der Waals surface area contributed by atoms with Crippen molar-refractivity contribution < 1.29 is 44.3 Å². The minimum atomic E-state index is -5.53. The Bertz CT molecular complexity index is 1260. The molecule has 1 unspecified atom stereocenters. The lowest BCUT2D eigenvalue weighted by atomic mass is 10.1. The van der Waals surface area contributed by atoms with Crippen molar-refractivity contribution in [1.82, 2.24) is 14.9 Å². The molecule has 0 aliphatic rings. The Morgan fingerprint density at radius 3 is 2.21 bits per heavy atom. The van der Waals surface area contributed by atoms with Crippen LogP contribution in [0.1, 0.15) is 16.8 Å². The van der Waals surface area contributed by atoms with Gasteiger partial charge in [-0.15, -0.1) is 0 Å². The summed E-state index contributed by atoms with van der Waals surface area (Å²) in [7, 11) is 0. The molecule has 0 radical (unpaired) electrons. The number of carbonyl (C=O) groups is 1. The molecule has 3 rings (SSSR count). The highest BCUT2D eigenvalue weighted by molar-refractivity contribution is 5.97. The van der Waals surface area contributed by atoms with Gasteiger partial charge < -0.3 is 5.32 Å². The normalized spacial score (nSPS) is 13.2. The van der Waals surface area contributed by atoms with Crippen molar-refractivity contribution in [2.45, 2.75) is 24.8 Å². The predicted molar refractivity (Wildman–Crippen MR) is 95.2 cm³/mol. The van der Waals surface area contributed by atoms with Gasteiger partial charge in [-0.1, -0.05) is 0 Å². The first-order valence-electron chi connectivity index (χ1n) is 8.78. The number of pyridine rings is 2. The molecular formula is C19H10F9N3O2. The minimum absolute atomic E-state index is 0.258. The van der Waals surface area contributed by atoms with Crippen molar-refractivity contribution in [3.63, 3.8) is 0 Å². The van der Waals surface area contributed by atoms with E-state index in [1.54, 1.807) is 0 Å². The first-order chi connectivity index (χ1) is 15.2. The van der Waals surface area contributed by atoms with Gasteiger partial charge in [0.2, 0.25) is 5.43 Å². The molecule has 2 heterocycles. The lowest BCUT2D eigenvalue weighted by molar-refractivity contribution is -0.199. The summed E-state index contributed by atoms with van der Waals surface area (Å²) in [6.07, 6.45) is -11.8. The summed E-state index contributed by atoms with van der Waals surface area (Å²) in [5.74, 6) is -6.22.